The number of thiol groups is 1. The number of hydrogen-bond acceptors (Lipinski definition) is 7. The summed E-state index contributed by atoms with van der Waals surface area (Å²) in [4.78, 5) is 22.2. The molecule has 0 heterocycles. The average Bonchev–Trinajstić information content (AvgIpc) is 2.74. The predicted octanol–water partition coefficient (Wildman–Crippen LogP) is 4.17. The monoisotopic (exact) mass is 436 g/mol. The molecule has 160 valence electrons. The Labute approximate surface area is 178 Å². The van der Waals surface area contributed by atoms with Crippen LogP contribution in [0.15, 0.2) is 40.6 Å². The molecule has 2 aromatic carbocycles. The van der Waals surface area contributed by atoms with Crippen LogP contribution < -0.4 is 0 Å². The van der Waals surface area contributed by atoms with Crippen LogP contribution in [0, 0.1) is 18.6 Å². The van der Waals surface area contributed by atoms with Crippen molar-refractivity contribution in [2.24, 2.45) is 10.3 Å². The quantitative estimate of drug-likeness (QED) is 0.292. The van der Waals surface area contributed by atoms with Crippen LogP contribution in [0.5, 0.6) is 0 Å². The third kappa shape index (κ3) is 5.35. The Kier molecular flexibility index (Phi) is 8.35. The van der Waals surface area contributed by atoms with Crippen molar-refractivity contribution in [3.05, 3.63) is 69.8 Å². The van der Waals surface area contributed by atoms with Crippen molar-refractivity contribution in [3.8, 4) is 0 Å². The Bertz CT molecular complexity index is 993. The zero-order chi connectivity index (χ0) is 22.3. The van der Waals surface area contributed by atoms with Crippen molar-refractivity contribution < 1.29 is 28.0 Å². The SMILES string of the molecule is CO/N=C(/C(=O)OC)c1cccc(C)c1CO/N=C(\C)c1cc(CS)cc(F)c1F. The van der Waals surface area contributed by atoms with Crippen LogP contribution in [0.3, 0.4) is 0 Å². The lowest BCUT2D eigenvalue weighted by Gasteiger charge is -2.13. The van der Waals surface area contributed by atoms with Crippen LogP contribution >= 0.6 is 12.6 Å². The topological polar surface area (TPSA) is 69.5 Å². The first kappa shape index (κ1) is 23.3. The number of ether oxygens (including phenoxy) is 1. The standard InChI is InChI=1S/C21H22F2N2O4S/c1-12-6-5-7-15(20(25-28-4)21(26)27-3)17(12)10-29-24-13(2)16-8-14(11-30)9-18(22)19(16)23/h5-9,30H,10-11H2,1-4H3/b24-13+,25-20+. The number of aryl methyl sites for hydroxylation is 1. The number of halogens is 2. The molecule has 0 aromatic heterocycles. The van der Waals surface area contributed by atoms with Gasteiger partial charge in [-0.25, -0.2) is 13.6 Å². The van der Waals surface area contributed by atoms with E-state index >= 15 is 0 Å². The summed E-state index contributed by atoms with van der Waals surface area (Å²) in [6, 6.07) is 7.79. The molecule has 0 atom stereocenters. The van der Waals surface area contributed by atoms with E-state index in [2.05, 4.69) is 22.9 Å². The van der Waals surface area contributed by atoms with Crippen molar-refractivity contribution >= 4 is 30.0 Å². The Hall–Kier alpha value is -2.94. The van der Waals surface area contributed by atoms with Gasteiger partial charge in [0.1, 0.15) is 13.7 Å². The highest BCUT2D eigenvalue weighted by Crippen LogP contribution is 2.20. The minimum atomic E-state index is -1.01. The van der Waals surface area contributed by atoms with Crippen LogP contribution in [-0.4, -0.2) is 31.6 Å². The van der Waals surface area contributed by atoms with Gasteiger partial charge in [-0.3, -0.25) is 0 Å². The summed E-state index contributed by atoms with van der Waals surface area (Å²) in [7, 11) is 2.55. The average molecular weight is 436 g/mol. The fourth-order valence-electron chi connectivity index (χ4n) is 2.74. The second-order valence-electron chi connectivity index (χ2n) is 6.26. The molecule has 9 heteroatoms. The maximum Gasteiger partial charge on any atom is 0.360 e. The largest absolute Gasteiger partial charge is 0.464 e. The van der Waals surface area contributed by atoms with Crippen LogP contribution in [-0.2, 0) is 31.6 Å². The molecule has 0 fully saturated rings. The summed E-state index contributed by atoms with van der Waals surface area (Å²) >= 11 is 4.09. The third-order valence-electron chi connectivity index (χ3n) is 4.30. The second-order valence-corrected chi connectivity index (χ2v) is 6.58. The van der Waals surface area contributed by atoms with Gasteiger partial charge in [0.05, 0.1) is 12.8 Å². The van der Waals surface area contributed by atoms with Crippen LogP contribution in [0.2, 0.25) is 0 Å². The first-order valence-corrected chi connectivity index (χ1v) is 9.51. The van der Waals surface area contributed by atoms with E-state index in [1.54, 1.807) is 12.1 Å². The lowest BCUT2D eigenvalue weighted by Crippen LogP contribution is -2.20. The molecule has 0 bridgehead atoms. The molecule has 0 aliphatic rings. The highest BCUT2D eigenvalue weighted by atomic mass is 32.1. The van der Waals surface area contributed by atoms with E-state index in [-0.39, 0.29) is 29.3 Å². The molecule has 0 aliphatic heterocycles. The lowest BCUT2D eigenvalue weighted by atomic mass is 9.99. The van der Waals surface area contributed by atoms with Crippen molar-refractivity contribution in [3.63, 3.8) is 0 Å². The summed E-state index contributed by atoms with van der Waals surface area (Å²) in [6.07, 6.45) is 0. The van der Waals surface area contributed by atoms with Crippen molar-refractivity contribution in [2.45, 2.75) is 26.2 Å². The zero-order valence-corrected chi connectivity index (χ0v) is 17.9. The van der Waals surface area contributed by atoms with Crippen molar-refractivity contribution in [1.29, 1.82) is 0 Å². The number of benzene rings is 2. The van der Waals surface area contributed by atoms with E-state index in [0.717, 1.165) is 11.6 Å². The molecular formula is C21H22F2N2O4S. The normalized spacial score (nSPS) is 12.0. The summed E-state index contributed by atoms with van der Waals surface area (Å²) in [5.41, 5.74) is 2.50. The van der Waals surface area contributed by atoms with Gasteiger partial charge in [0.15, 0.2) is 17.3 Å². The molecule has 6 nitrogen and oxygen atoms in total. The number of esters is 1. The molecule has 0 unspecified atom stereocenters. The van der Waals surface area contributed by atoms with E-state index in [4.69, 9.17) is 14.4 Å². The number of oxime groups is 2. The fourth-order valence-corrected chi connectivity index (χ4v) is 2.93. The van der Waals surface area contributed by atoms with E-state index in [9.17, 15) is 13.6 Å². The highest BCUT2D eigenvalue weighted by Gasteiger charge is 2.21. The lowest BCUT2D eigenvalue weighted by molar-refractivity contribution is -0.132. The van der Waals surface area contributed by atoms with E-state index < -0.39 is 17.6 Å². The van der Waals surface area contributed by atoms with Gasteiger partial charge in [0.2, 0.25) is 0 Å². The van der Waals surface area contributed by atoms with Gasteiger partial charge in [0.25, 0.3) is 0 Å². The van der Waals surface area contributed by atoms with Gasteiger partial charge >= 0.3 is 5.97 Å². The Morgan fingerprint density at radius 1 is 1.13 bits per heavy atom. The predicted molar refractivity (Wildman–Crippen MR) is 113 cm³/mol. The van der Waals surface area contributed by atoms with Gasteiger partial charge in [-0.2, -0.15) is 12.6 Å². The van der Waals surface area contributed by atoms with E-state index in [1.807, 2.05) is 13.0 Å². The number of rotatable bonds is 8. The molecule has 0 saturated heterocycles. The first-order chi connectivity index (χ1) is 14.3. The number of methoxy groups -OCH3 is 1. The van der Waals surface area contributed by atoms with Crippen LogP contribution in [0.1, 0.15) is 34.7 Å². The summed E-state index contributed by atoms with van der Waals surface area (Å²) < 4.78 is 32.7. The highest BCUT2D eigenvalue weighted by molar-refractivity contribution is 7.79. The molecule has 0 saturated carbocycles. The molecule has 30 heavy (non-hydrogen) atoms. The third-order valence-corrected chi connectivity index (χ3v) is 4.66. The number of carbonyl (C=O) groups excluding carboxylic acids is 1. The molecule has 2 rings (SSSR count). The van der Waals surface area contributed by atoms with Crippen LogP contribution in [0.25, 0.3) is 0 Å². The molecule has 0 amide bonds. The molecular weight excluding hydrogens is 414 g/mol. The van der Waals surface area contributed by atoms with Gasteiger partial charge < -0.3 is 14.4 Å². The van der Waals surface area contributed by atoms with Crippen molar-refractivity contribution in [2.75, 3.05) is 14.2 Å². The zero-order valence-electron chi connectivity index (χ0n) is 17.0. The molecule has 0 aliphatic carbocycles. The van der Waals surface area contributed by atoms with Crippen LogP contribution in [0.4, 0.5) is 8.78 Å². The molecule has 0 spiro atoms. The number of carbonyl (C=O) groups is 1. The maximum atomic E-state index is 14.1. The summed E-state index contributed by atoms with van der Waals surface area (Å²) in [5.74, 6) is -2.42. The van der Waals surface area contributed by atoms with E-state index in [0.29, 0.717) is 16.7 Å². The second kappa shape index (κ2) is 10.7. The summed E-state index contributed by atoms with van der Waals surface area (Å²) in [6.45, 7) is 3.28. The molecule has 0 radical (unpaired) electrons. The van der Waals surface area contributed by atoms with Gasteiger partial charge in [-0.15, -0.1) is 0 Å². The van der Waals surface area contributed by atoms with Gasteiger partial charge in [-0.05, 0) is 37.1 Å². The number of hydrogen-bond donors (Lipinski definition) is 1. The van der Waals surface area contributed by atoms with E-state index in [1.165, 1.54) is 27.2 Å². The first-order valence-electron chi connectivity index (χ1n) is 8.88. The minimum Gasteiger partial charge on any atom is -0.464 e. The Morgan fingerprint density at radius 3 is 2.50 bits per heavy atom. The summed E-state index contributed by atoms with van der Waals surface area (Å²) in [5, 5.41) is 7.67. The van der Waals surface area contributed by atoms with Gasteiger partial charge in [-0.1, -0.05) is 28.5 Å². The van der Waals surface area contributed by atoms with Crippen molar-refractivity contribution in [1.82, 2.24) is 0 Å². The fraction of sp³-hybridized carbons (Fsp3) is 0.286. The Balaban J connectivity index is 2.34. The van der Waals surface area contributed by atoms with Gasteiger partial charge in [0, 0.05) is 22.4 Å². The smallest absolute Gasteiger partial charge is 0.360 e. The Morgan fingerprint density at radius 2 is 1.87 bits per heavy atom. The minimum absolute atomic E-state index is 0.0137. The molecule has 2 aromatic rings. The number of nitrogens with zero attached hydrogens (tertiary/aromatic N) is 2. The molecule has 0 N–H and O–H groups in total. The maximum absolute atomic E-state index is 14.1.